The summed E-state index contributed by atoms with van der Waals surface area (Å²) in [5, 5.41) is 3.42. The van der Waals surface area contributed by atoms with Crippen LogP contribution in [0, 0.1) is 13.8 Å². The van der Waals surface area contributed by atoms with Crippen LogP contribution in [0.15, 0.2) is 108 Å². The third kappa shape index (κ3) is 8.07. The molecule has 4 aromatic rings. The Morgan fingerprint density at radius 2 is 1.43 bits per heavy atom. The fourth-order valence-electron chi connectivity index (χ4n) is 5.04. The average molecular weight is 632 g/mol. The molecule has 230 valence electrons. The van der Waals surface area contributed by atoms with Crippen molar-refractivity contribution in [1.29, 1.82) is 0 Å². The Morgan fingerprint density at radius 3 is 2.05 bits per heavy atom. The van der Waals surface area contributed by atoms with E-state index < -0.39 is 28.5 Å². The minimum absolute atomic E-state index is 0.0472. The number of aryl methyl sites for hydroxylation is 2. The minimum atomic E-state index is -4.18. The van der Waals surface area contributed by atoms with Gasteiger partial charge in [0.15, 0.2) is 0 Å². The summed E-state index contributed by atoms with van der Waals surface area (Å²) in [7, 11) is -4.18. The van der Waals surface area contributed by atoms with Gasteiger partial charge in [-0.05, 0) is 80.3 Å². The molecule has 0 aliphatic rings. The summed E-state index contributed by atoms with van der Waals surface area (Å²) in [5.74, 6) is -0.826. The Labute approximate surface area is 265 Å². The molecule has 0 aliphatic carbocycles. The fourth-order valence-corrected chi connectivity index (χ4v) is 6.76. The van der Waals surface area contributed by atoms with Gasteiger partial charge in [0.2, 0.25) is 11.8 Å². The summed E-state index contributed by atoms with van der Waals surface area (Å²) < 4.78 is 29.4. The molecule has 1 atom stereocenters. The van der Waals surface area contributed by atoms with E-state index in [1.165, 1.54) is 17.0 Å². The number of sulfonamides is 1. The number of carbonyl (C=O) groups excluding carboxylic acids is 2. The predicted molar refractivity (Wildman–Crippen MR) is 176 cm³/mol. The van der Waals surface area contributed by atoms with Gasteiger partial charge in [-0.2, -0.15) is 0 Å². The second-order valence-electron chi connectivity index (χ2n) is 11.1. The number of amides is 2. The van der Waals surface area contributed by atoms with Crippen LogP contribution in [-0.4, -0.2) is 43.8 Å². The van der Waals surface area contributed by atoms with E-state index in [9.17, 15) is 18.0 Å². The summed E-state index contributed by atoms with van der Waals surface area (Å²) >= 11 is 6.22. The molecule has 2 amide bonds. The van der Waals surface area contributed by atoms with Crippen molar-refractivity contribution in [2.75, 3.05) is 10.8 Å². The second kappa shape index (κ2) is 14.6. The van der Waals surface area contributed by atoms with Crippen LogP contribution in [0.1, 0.15) is 36.1 Å². The van der Waals surface area contributed by atoms with Gasteiger partial charge in [0.05, 0.1) is 10.6 Å². The Kier molecular flexibility index (Phi) is 10.8. The van der Waals surface area contributed by atoms with Gasteiger partial charge in [0.25, 0.3) is 10.0 Å². The minimum Gasteiger partial charge on any atom is -0.352 e. The number of halogens is 1. The van der Waals surface area contributed by atoms with Crippen LogP contribution in [0.4, 0.5) is 5.69 Å². The van der Waals surface area contributed by atoms with Gasteiger partial charge < -0.3 is 10.2 Å². The molecule has 0 bridgehead atoms. The lowest BCUT2D eigenvalue weighted by Crippen LogP contribution is -2.54. The van der Waals surface area contributed by atoms with E-state index in [4.69, 9.17) is 11.6 Å². The zero-order chi connectivity index (χ0) is 31.9. The van der Waals surface area contributed by atoms with Crippen LogP contribution >= 0.6 is 11.6 Å². The first-order chi connectivity index (χ1) is 21.0. The highest BCUT2D eigenvalue weighted by Crippen LogP contribution is 2.29. The molecule has 0 aliphatic heterocycles. The van der Waals surface area contributed by atoms with Crippen LogP contribution in [0.2, 0.25) is 5.02 Å². The lowest BCUT2D eigenvalue weighted by Gasteiger charge is -2.34. The second-order valence-corrected chi connectivity index (χ2v) is 13.4. The summed E-state index contributed by atoms with van der Waals surface area (Å²) in [6.07, 6.45) is 0.252. The predicted octanol–water partition coefficient (Wildman–Crippen LogP) is 6.32. The summed E-state index contributed by atoms with van der Waals surface area (Å²) in [5.41, 5.74) is 3.61. The quantitative estimate of drug-likeness (QED) is 0.198. The molecule has 4 aromatic carbocycles. The monoisotopic (exact) mass is 631 g/mol. The molecule has 0 spiro atoms. The van der Waals surface area contributed by atoms with E-state index in [0.717, 1.165) is 21.0 Å². The number of nitrogens with zero attached hydrogens (tertiary/aromatic N) is 2. The van der Waals surface area contributed by atoms with Gasteiger partial charge in [0.1, 0.15) is 12.6 Å². The molecule has 0 aromatic heterocycles. The van der Waals surface area contributed by atoms with E-state index >= 15 is 0 Å². The van der Waals surface area contributed by atoms with Crippen LogP contribution in [0.25, 0.3) is 0 Å². The van der Waals surface area contributed by atoms with E-state index in [0.29, 0.717) is 16.3 Å². The highest BCUT2D eigenvalue weighted by Gasteiger charge is 2.35. The van der Waals surface area contributed by atoms with E-state index in [1.54, 1.807) is 43.3 Å². The maximum Gasteiger partial charge on any atom is 0.264 e. The number of rotatable bonds is 12. The van der Waals surface area contributed by atoms with E-state index in [1.807, 2.05) is 75.4 Å². The van der Waals surface area contributed by atoms with Crippen molar-refractivity contribution in [2.45, 2.75) is 57.6 Å². The van der Waals surface area contributed by atoms with E-state index in [2.05, 4.69) is 5.32 Å². The number of nitrogens with one attached hydrogen (secondary N) is 1. The maximum atomic E-state index is 14.5. The Bertz CT molecular complexity index is 1700. The number of anilines is 1. The van der Waals surface area contributed by atoms with E-state index in [-0.39, 0.29) is 29.8 Å². The Hall–Kier alpha value is -4.14. The molecule has 7 nitrogen and oxygen atoms in total. The first-order valence-corrected chi connectivity index (χ1v) is 16.3. The van der Waals surface area contributed by atoms with Crippen molar-refractivity contribution >= 4 is 39.1 Å². The van der Waals surface area contributed by atoms with Gasteiger partial charge >= 0.3 is 0 Å². The highest BCUT2D eigenvalue weighted by molar-refractivity contribution is 7.92. The molecule has 4 rings (SSSR count). The zero-order valence-electron chi connectivity index (χ0n) is 25.4. The molecule has 9 heteroatoms. The summed E-state index contributed by atoms with van der Waals surface area (Å²) in [6.45, 7) is 7.02. The molecule has 44 heavy (non-hydrogen) atoms. The van der Waals surface area contributed by atoms with Crippen molar-refractivity contribution in [1.82, 2.24) is 10.2 Å². The summed E-state index contributed by atoms with van der Waals surface area (Å²) in [4.78, 5) is 29.9. The number of hydrogen-bond acceptors (Lipinski definition) is 4. The molecule has 0 heterocycles. The molecule has 0 saturated carbocycles. The lowest BCUT2D eigenvalue weighted by molar-refractivity contribution is -0.140. The standard InChI is InChI=1S/C35H38ClN3O4S/c1-25(2)37-35(41)33(22-28-14-7-5-8-15-28)38(23-29-16-12-11-13-26(29)3)34(40)24-39(32-20-19-30(36)21-27(32)4)44(42,43)31-17-9-6-10-18-31/h5-21,25,33H,22-24H2,1-4H3,(H,37,41)/t33-/m1/s1. The van der Waals surface area contributed by atoms with Crippen molar-refractivity contribution in [3.8, 4) is 0 Å². The van der Waals surface area contributed by atoms with Crippen LogP contribution in [0.3, 0.4) is 0 Å². The first-order valence-electron chi connectivity index (χ1n) is 14.5. The van der Waals surface area contributed by atoms with Gasteiger partial charge in [-0.1, -0.05) is 84.4 Å². The Morgan fingerprint density at radius 1 is 0.818 bits per heavy atom. The SMILES string of the molecule is Cc1ccccc1CN(C(=O)CN(c1ccc(Cl)cc1C)S(=O)(=O)c1ccccc1)[C@H](Cc1ccccc1)C(=O)NC(C)C. The normalized spacial score (nSPS) is 12.0. The molecule has 0 unspecified atom stereocenters. The van der Waals surface area contributed by atoms with Crippen molar-refractivity contribution < 1.29 is 18.0 Å². The molecule has 1 N–H and O–H groups in total. The van der Waals surface area contributed by atoms with Crippen molar-refractivity contribution in [2.24, 2.45) is 0 Å². The van der Waals surface area contributed by atoms with Gasteiger partial charge in [-0.15, -0.1) is 0 Å². The first kappa shape index (κ1) is 32.8. The zero-order valence-corrected chi connectivity index (χ0v) is 27.0. The lowest BCUT2D eigenvalue weighted by atomic mass is 10.0. The average Bonchev–Trinajstić information content (AvgIpc) is 2.99. The third-order valence-corrected chi connectivity index (χ3v) is 9.35. The Balaban J connectivity index is 1.83. The molecular formula is C35H38ClN3O4S. The van der Waals surface area contributed by atoms with Crippen molar-refractivity contribution in [3.63, 3.8) is 0 Å². The fraction of sp³-hybridized carbons (Fsp3) is 0.257. The molecule has 0 fully saturated rings. The third-order valence-electron chi connectivity index (χ3n) is 7.34. The van der Waals surface area contributed by atoms with Gasteiger partial charge in [0, 0.05) is 24.0 Å². The van der Waals surface area contributed by atoms with Crippen molar-refractivity contribution in [3.05, 3.63) is 130 Å². The van der Waals surface area contributed by atoms with Gasteiger partial charge in [-0.3, -0.25) is 13.9 Å². The molecule has 0 radical (unpaired) electrons. The van der Waals surface area contributed by atoms with Crippen LogP contribution in [-0.2, 0) is 32.6 Å². The topological polar surface area (TPSA) is 86.8 Å². The number of benzene rings is 4. The highest BCUT2D eigenvalue weighted by atomic mass is 35.5. The number of hydrogen-bond donors (Lipinski definition) is 1. The molecular weight excluding hydrogens is 594 g/mol. The largest absolute Gasteiger partial charge is 0.352 e. The smallest absolute Gasteiger partial charge is 0.264 e. The molecule has 0 saturated heterocycles. The summed E-state index contributed by atoms with van der Waals surface area (Å²) in [6, 6.07) is 28.9. The number of carbonyl (C=O) groups is 2. The van der Waals surface area contributed by atoms with Crippen LogP contribution < -0.4 is 9.62 Å². The maximum absolute atomic E-state index is 14.5. The van der Waals surface area contributed by atoms with Crippen LogP contribution in [0.5, 0.6) is 0 Å². The van der Waals surface area contributed by atoms with Gasteiger partial charge in [-0.25, -0.2) is 8.42 Å².